The molecule has 0 spiro atoms. The van der Waals surface area contributed by atoms with E-state index in [-0.39, 0.29) is 12.0 Å². The molecule has 0 radical (unpaired) electrons. The van der Waals surface area contributed by atoms with E-state index in [2.05, 4.69) is 16.8 Å². The van der Waals surface area contributed by atoms with Gasteiger partial charge in [-0.15, -0.1) is 0 Å². The summed E-state index contributed by atoms with van der Waals surface area (Å²) < 4.78 is 5.39. The maximum atomic E-state index is 11.2. The van der Waals surface area contributed by atoms with E-state index in [1.165, 1.54) is 0 Å². The summed E-state index contributed by atoms with van der Waals surface area (Å²) in [5.41, 5.74) is -0.152. The molecule has 2 aliphatic heterocycles. The Morgan fingerprint density at radius 1 is 1.22 bits per heavy atom. The van der Waals surface area contributed by atoms with Gasteiger partial charge in [0.1, 0.15) is 0 Å². The highest BCUT2D eigenvalue weighted by atomic mass is 16.5. The first kappa shape index (κ1) is 13.8. The van der Waals surface area contributed by atoms with E-state index in [9.17, 15) is 9.90 Å². The second kappa shape index (κ2) is 5.99. The summed E-state index contributed by atoms with van der Waals surface area (Å²) in [6.45, 7) is 5.28. The van der Waals surface area contributed by atoms with Gasteiger partial charge < -0.3 is 14.7 Å². The van der Waals surface area contributed by atoms with Crippen molar-refractivity contribution in [3.05, 3.63) is 0 Å². The van der Waals surface area contributed by atoms with Crippen LogP contribution in [-0.4, -0.2) is 72.9 Å². The number of carboxylic acid groups (broad SMARTS) is 1. The van der Waals surface area contributed by atoms with Gasteiger partial charge in [0.15, 0.2) is 0 Å². The first-order valence-electron chi connectivity index (χ1n) is 6.86. The largest absolute Gasteiger partial charge is 0.481 e. The number of aliphatic carboxylic acids is 1. The fourth-order valence-corrected chi connectivity index (χ4v) is 3.24. The molecule has 0 saturated carbocycles. The molecule has 5 heteroatoms. The van der Waals surface area contributed by atoms with Gasteiger partial charge in [-0.3, -0.25) is 9.69 Å². The molecule has 2 fully saturated rings. The van der Waals surface area contributed by atoms with Crippen molar-refractivity contribution < 1.29 is 14.6 Å². The lowest BCUT2D eigenvalue weighted by atomic mass is 9.84. The van der Waals surface area contributed by atoms with Crippen LogP contribution in [0.3, 0.4) is 0 Å². The number of ether oxygens (including phenoxy) is 1. The molecule has 2 saturated heterocycles. The SMILES string of the molecule is CN1CCCC(CC(=O)O)(N2CCOCC2)CC1. The molecule has 0 aromatic heterocycles. The summed E-state index contributed by atoms with van der Waals surface area (Å²) in [5, 5.41) is 9.25. The van der Waals surface area contributed by atoms with Crippen LogP contribution in [-0.2, 0) is 9.53 Å². The molecule has 0 aromatic rings. The van der Waals surface area contributed by atoms with Crippen LogP contribution < -0.4 is 0 Å². The van der Waals surface area contributed by atoms with E-state index in [0.717, 1.165) is 58.7 Å². The lowest BCUT2D eigenvalue weighted by Crippen LogP contribution is -2.54. The van der Waals surface area contributed by atoms with Crippen molar-refractivity contribution in [3.63, 3.8) is 0 Å². The Bertz CT molecular complexity index is 292. The van der Waals surface area contributed by atoms with Crippen LogP contribution in [0.2, 0.25) is 0 Å². The Hall–Kier alpha value is -0.650. The van der Waals surface area contributed by atoms with Crippen LogP contribution in [0.15, 0.2) is 0 Å². The Morgan fingerprint density at radius 2 is 1.94 bits per heavy atom. The summed E-state index contributed by atoms with van der Waals surface area (Å²) in [5.74, 6) is -0.675. The third-order valence-electron chi connectivity index (χ3n) is 4.30. The van der Waals surface area contributed by atoms with Crippen molar-refractivity contribution in [2.24, 2.45) is 0 Å². The van der Waals surface area contributed by atoms with Crippen molar-refractivity contribution in [2.45, 2.75) is 31.2 Å². The van der Waals surface area contributed by atoms with E-state index >= 15 is 0 Å². The normalized spacial score (nSPS) is 32.1. The minimum absolute atomic E-state index is 0.152. The number of morpholine rings is 1. The molecule has 1 atom stereocenters. The molecule has 104 valence electrons. The molecular formula is C13H24N2O3. The van der Waals surface area contributed by atoms with Crippen LogP contribution >= 0.6 is 0 Å². The number of carbonyl (C=O) groups is 1. The van der Waals surface area contributed by atoms with Gasteiger partial charge in [-0.05, 0) is 39.4 Å². The van der Waals surface area contributed by atoms with E-state index in [0.29, 0.717) is 0 Å². The molecule has 0 aromatic carbocycles. The summed E-state index contributed by atoms with van der Waals surface area (Å²) in [4.78, 5) is 15.9. The highest BCUT2D eigenvalue weighted by molar-refractivity contribution is 5.68. The summed E-state index contributed by atoms with van der Waals surface area (Å²) in [6.07, 6.45) is 3.29. The van der Waals surface area contributed by atoms with Crippen molar-refractivity contribution in [2.75, 3.05) is 46.4 Å². The first-order valence-corrected chi connectivity index (χ1v) is 6.86. The van der Waals surface area contributed by atoms with Gasteiger partial charge in [0.25, 0.3) is 0 Å². The van der Waals surface area contributed by atoms with Crippen molar-refractivity contribution >= 4 is 5.97 Å². The van der Waals surface area contributed by atoms with Crippen LogP contribution in [0.4, 0.5) is 0 Å². The van der Waals surface area contributed by atoms with Crippen molar-refractivity contribution in [1.29, 1.82) is 0 Å². The predicted octanol–water partition coefficient (Wildman–Crippen LogP) is 0.648. The van der Waals surface area contributed by atoms with Gasteiger partial charge in [0.05, 0.1) is 19.6 Å². The molecule has 2 rings (SSSR count). The number of nitrogens with zero attached hydrogens (tertiary/aromatic N) is 2. The minimum Gasteiger partial charge on any atom is -0.481 e. The average molecular weight is 256 g/mol. The smallest absolute Gasteiger partial charge is 0.305 e. The molecule has 2 heterocycles. The second-order valence-corrected chi connectivity index (χ2v) is 5.55. The predicted molar refractivity (Wildman–Crippen MR) is 68.7 cm³/mol. The topological polar surface area (TPSA) is 53.0 Å². The summed E-state index contributed by atoms with van der Waals surface area (Å²) in [7, 11) is 2.12. The Morgan fingerprint density at radius 3 is 2.61 bits per heavy atom. The highest BCUT2D eigenvalue weighted by Gasteiger charge is 2.40. The lowest BCUT2D eigenvalue weighted by Gasteiger charge is -2.44. The quantitative estimate of drug-likeness (QED) is 0.803. The zero-order valence-corrected chi connectivity index (χ0v) is 11.2. The van der Waals surface area contributed by atoms with Gasteiger partial charge in [0, 0.05) is 18.6 Å². The Balaban J connectivity index is 2.12. The lowest BCUT2D eigenvalue weighted by molar-refractivity contribution is -0.142. The molecule has 0 amide bonds. The van der Waals surface area contributed by atoms with E-state index in [4.69, 9.17) is 4.74 Å². The Labute approximate surface area is 109 Å². The standard InChI is InChI=1S/C13H24N2O3/c1-14-5-2-3-13(4-6-14,11-12(16)17)15-7-9-18-10-8-15/h2-11H2,1H3,(H,16,17). The van der Waals surface area contributed by atoms with E-state index in [1.54, 1.807) is 0 Å². The molecule has 1 unspecified atom stereocenters. The minimum atomic E-state index is -0.675. The second-order valence-electron chi connectivity index (χ2n) is 5.55. The van der Waals surface area contributed by atoms with Gasteiger partial charge >= 0.3 is 5.97 Å². The third-order valence-corrected chi connectivity index (χ3v) is 4.30. The maximum Gasteiger partial charge on any atom is 0.305 e. The van der Waals surface area contributed by atoms with Crippen molar-refractivity contribution in [3.8, 4) is 0 Å². The summed E-state index contributed by atoms with van der Waals surface area (Å²) >= 11 is 0. The Kier molecular flexibility index (Phi) is 4.59. The van der Waals surface area contributed by atoms with Crippen LogP contribution in [0.25, 0.3) is 0 Å². The fraction of sp³-hybridized carbons (Fsp3) is 0.923. The van der Waals surface area contributed by atoms with Crippen LogP contribution in [0, 0.1) is 0 Å². The molecule has 0 aliphatic carbocycles. The van der Waals surface area contributed by atoms with Crippen molar-refractivity contribution in [1.82, 2.24) is 9.80 Å². The van der Waals surface area contributed by atoms with Gasteiger partial charge in [-0.1, -0.05) is 0 Å². The molecule has 18 heavy (non-hydrogen) atoms. The zero-order valence-electron chi connectivity index (χ0n) is 11.2. The fourth-order valence-electron chi connectivity index (χ4n) is 3.24. The number of hydrogen-bond acceptors (Lipinski definition) is 4. The van der Waals surface area contributed by atoms with E-state index in [1.807, 2.05) is 0 Å². The zero-order chi connectivity index (χ0) is 13.0. The third kappa shape index (κ3) is 3.22. The highest BCUT2D eigenvalue weighted by Crippen LogP contribution is 2.32. The average Bonchev–Trinajstić information content (AvgIpc) is 2.53. The molecule has 0 bridgehead atoms. The summed E-state index contributed by atoms with van der Waals surface area (Å²) in [6, 6.07) is 0. The van der Waals surface area contributed by atoms with Crippen LogP contribution in [0.5, 0.6) is 0 Å². The number of likely N-dealkylation sites (tertiary alicyclic amines) is 1. The maximum absolute atomic E-state index is 11.2. The van der Waals surface area contributed by atoms with Gasteiger partial charge in [-0.2, -0.15) is 0 Å². The number of hydrogen-bond donors (Lipinski definition) is 1. The van der Waals surface area contributed by atoms with Crippen LogP contribution in [0.1, 0.15) is 25.7 Å². The van der Waals surface area contributed by atoms with Gasteiger partial charge in [0.2, 0.25) is 0 Å². The van der Waals surface area contributed by atoms with E-state index < -0.39 is 5.97 Å². The molecule has 5 nitrogen and oxygen atoms in total. The molecular weight excluding hydrogens is 232 g/mol. The first-order chi connectivity index (χ1) is 8.62. The monoisotopic (exact) mass is 256 g/mol. The molecule has 1 N–H and O–H groups in total. The number of carboxylic acids is 1. The van der Waals surface area contributed by atoms with Gasteiger partial charge in [-0.25, -0.2) is 0 Å². The number of rotatable bonds is 3. The molecule has 2 aliphatic rings.